The summed E-state index contributed by atoms with van der Waals surface area (Å²) in [6.45, 7) is 5.11. The summed E-state index contributed by atoms with van der Waals surface area (Å²) < 4.78 is 37.9. The molecule has 15 nitrogen and oxygen atoms in total. The van der Waals surface area contributed by atoms with E-state index in [1.807, 2.05) is 6.07 Å². The minimum Gasteiger partial charge on any atom is -0.445 e. The van der Waals surface area contributed by atoms with Gasteiger partial charge in [-0.3, -0.25) is 14.4 Å². The van der Waals surface area contributed by atoms with Crippen LogP contribution in [0.1, 0.15) is 44.9 Å². The maximum absolute atomic E-state index is 13.6. The molecular weight excluding hydrogens is 852 g/mol. The molecule has 19 heteroatoms. The highest BCUT2D eigenvalue weighted by molar-refractivity contribution is 9.26. The lowest BCUT2D eigenvalue weighted by atomic mass is 9.95. The van der Waals surface area contributed by atoms with E-state index in [-0.39, 0.29) is 6.61 Å². The number of amides is 4. The number of rotatable bonds is 10. The first-order valence-corrected chi connectivity index (χ1v) is 19.9. The van der Waals surface area contributed by atoms with Crippen LogP contribution in [0, 0.1) is 0 Å². The Kier molecular flexibility index (Phi) is 9.97. The maximum atomic E-state index is 13.6. The number of esters is 2. The molecular formula is C33H34Br2N4O11S2. The van der Waals surface area contributed by atoms with Gasteiger partial charge in [0.25, 0.3) is 5.91 Å². The molecule has 6 atom stereocenters. The third-order valence-electron chi connectivity index (χ3n) is 9.50. The van der Waals surface area contributed by atoms with Gasteiger partial charge in [0.15, 0.2) is 18.4 Å². The van der Waals surface area contributed by atoms with Gasteiger partial charge >= 0.3 is 18.0 Å². The second-order valence-corrected chi connectivity index (χ2v) is 21.5. The van der Waals surface area contributed by atoms with Crippen molar-refractivity contribution < 1.29 is 51.4 Å². The molecule has 4 fully saturated rings. The van der Waals surface area contributed by atoms with Gasteiger partial charge in [0.2, 0.25) is 18.6 Å². The molecule has 0 spiro atoms. The van der Waals surface area contributed by atoms with Gasteiger partial charge in [-0.15, -0.1) is 11.8 Å². The van der Waals surface area contributed by atoms with Crippen molar-refractivity contribution in [1.82, 2.24) is 20.4 Å². The van der Waals surface area contributed by atoms with Gasteiger partial charge in [-0.25, -0.2) is 22.8 Å². The molecule has 4 aliphatic rings. The van der Waals surface area contributed by atoms with Crippen molar-refractivity contribution in [3.8, 4) is 0 Å². The third kappa shape index (κ3) is 6.26. The number of hydrogen-bond donors (Lipinski definition) is 2. The van der Waals surface area contributed by atoms with Crippen molar-refractivity contribution in [2.75, 3.05) is 6.79 Å². The molecule has 2 aromatic rings. The number of carbonyl (C=O) groups is 6. The van der Waals surface area contributed by atoms with Crippen molar-refractivity contribution >= 4 is 89.2 Å². The van der Waals surface area contributed by atoms with Crippen molar-refractivity contribution in [2.24, 2.45) is 0 Å². The number of sulfone groups is 1. The molecule has 2 unspecified atom stereocenters. The smallest absolute Gasteiger partial charge is 0.408 e. The summed E-state index contributed by atoms with van der Waals surface area (Å²) in [4.78, 5) is 81.2. The lowest BCUT2D eigenvalue weighted by Crippen LogP contribution is -2.71. The van der Waals surface area contributed by atoms with Gasteiger partial charge in [-0.2, -0.15) is 0 Å². The van der Waals surface area contributed by atoms with E-state index < -0.39 is 100 Å². The number of fused-ring (bicyclic) bond motifs is 2. The summed E-state index contributed by atoms with van der Waals surface area (Å²) in [6.07, 6.45) is -0.844. The third-order valence-corrected chi connectivity index (χ3v) is 16.1. The molecule has 6 rings (SSSR count). The van der Waals surface area contributed by atoms with Crippen LogP contribution in [-0.4, -0.2) is 102 Å². The lowest BCUT2D eigenvalue weighted by molar-refractivity contribution is -0.181. The van der Waals surface area contributed by atoms with Crippen LogP contribution in [0.15, 0.2) is 60.7 Å². The fourth-order valence-electron chi connectivity index (χ4n) is 6.76. The number of halogens is 2. The summed E-state index contributed by atoms with van der Waals surface area (Å²) in [7, 11) is -4.04. The number of carbonyl (C=O) groups excluding carboxylic acids is 6. The Balaban J connectivity index is 1.07. The minimum absolute atomic E-state index is 0.0235. The van der Waals surface area contributed by atoms with E-state index in [2.05, 4.69) is 42.5 Å². The summed E-state index contributed by atoms with van der Waals surface area (Å²) in [5, 5.41) is 3.26. The van der Waals surface area contributed by atoms with Crippen molar-refractivity contribution in [3.05, 3.63) is 71.8 Å². The van der Waals surface area contributed by atoms with Gasteiger partial charge < -0.3 is 34.6 Å². The number of nitrogens with zero attached hydrogens (tertiary/aromatic N) is 2. The summed E-state index contributed by atoms with van der Waals surface area (Å²) in [6, 6.07) is 12.5. The van der Waals surface area contributed by atoms with Crippen LogP contribution >= 0.6 is 43.6 Å². The van der Waals surface area contributed by atoms with Crippen molar-refractivity contribution in [2.45, 2.75) is 81.9 Å². The Labute approximate surface area is 320 Å². The average molecular weight is 887 g/mol. The Bertz CT molecular complexity index is 1930. The summed E-state index contributed by atoms with van der Waals surface area (Å²) >= 11 is 7.42. The number of benzene rings is 2. The van der Waals surface area contributed by atoms with Crippen LogP contribution in [0.3, 0.4) is 0 Å². The van der Waals surface area contributed by atoms with E-state index in [4.69, 9.17) is 14.2 Å². The van der Waals surface area contributed by atoms with E-state index in [0.717, 1.165) is 10.5 Å². The number of hydrogen-bond acceptors (Lipinski definition) is 12. The second-order valence-electron chi connectivity index (χ2n) is 13.6. The predicted molar refractivity (Wildman–Crippen MR) is 192 cm³/mol. The highest BCUT2D eigenvalue weighted by atomic mass is 79.9. The minimum atomic E-state index is -4.04. The van der Waals surface area contributed by atoms with E-state index in [0.29, 0.717) is 5.56 Å². The highest BCUT2D eigenvalue weighted by Crippen LogP contribution is 2.57. The van der Waals surface area contributed by atoms with E-state index in [9.17, 15) is 37.2 Å². The predicted octanol–water partition coefficient (Wildman–Crippen LogP) is 2.48. The van der Waals surface area contributed by atoms with Gasteiger partial charge in [-0.1, -0.05) is 92.5 Å². The normalized spacial score (nSPS) is 27.5. The molecule has 4 heterocycles. The SMILES string of the molecule is CC1(C)S[C@@H]2C(NC(=O)C(NC(=O)OCc3ccccc3)c3ccccc3)C(=O)N2[C@H]1C(=O)OCOC(=O)[C@@H]1N2C(=O)C(Br)(Br)[C@H]2S(=O)(=O)C1(C)C. The van der Waals surface area contributed by atoms with E-state index in [1.165, 1.54) is 30.5 Å². The van der Waals surface area contributed by atoms with Crippen LogP contribution in [-0.2, 0) is 54.6 Å². The molecule has 278 valence electrons. The van der Waals surface area contributed by atoms with Crippen LogP contribution in [0.5, 0.6) is 0 Å². The zero-order valence-electron chi connectivity index (χ0n) is 28.1. The van der Waals surface area contributed by atoms with Crippen LogP contribution in [0.25, 0.3) is 0 Å². The molecule has 0 bridgehead atoms. The fraction of sp³-hybridized carbons (Fsp3) is 0.455. The van der Waals surface area contributed by atoms with E-state index in [1.54, 1.807) is 68.4 Å². The van der Waals surface area contributed by atoms with Gasteiger partial charge in [0.1, 0.15) is 40.9 Å². The van der Waals surface area contributed by atoms with Gasteiger partial charge in [-0.05, 0) is 38.8 Å². The number of β-lactam (4-membered cyclic amide) rings is 2. The van der Waals surface area contributed by atoms with Crippen LogP contribution < -0.4 is 10.6 Å². The van der Waals surface area contributed by atoms with Crippen molar-refractivity contribution in [1.29, 1.82) is 0 Å². The van der Waals surface area contributed by atoms with Gasteiger partial charge in [0, 0.05) is 4.75 Å². The van der Waals surface area contributed by atoms with Crippen LogP contribution in [0.4, 0.5) is 4.79 Å². The topological polar surface area (TPSA) is 195 Å². The van der Waals surface area contributed by atoms with Crippen molar-refractivity contribution in [3.63, 3.8) is 0 Å². The molecule has 0 saturated carbocycles. The summed E-state index contributed by atoms with van der Waals surface area (Å²) in [5.41, 5.74) is 1.20. The molecule has 4 saturated heterocycles. The molecule has 52 heavy (non-hydrogen) atoms. The summed E-state index contributed by atoms with van der Waals surface area (Å²) in [5.74, 6) is -3.89. The Morgan fingerprint density at radius 3 is 2.06 bits per heavy atom. The lowest BCUT2D eigenvalue weighted by Gasteiger charge is -2.45. The molecule has 2 aromatic carbocycles. The monoisotopic (exact) mass is 884 g/mol. The highest BCUT2D eigenvalue weighted by Gasteiger charge is 2.77. The molecule has 4 aliphatic heterocycles. The second kappa shape index (κ2) is 13.6. The Morgan fingerprint density at radius 2 is 1.44 bits per heavy atom. The average Bonchev–Trinajstić information content (AvgIpc) is 3.44. The molecule has 0 aliphatic carbocycles. The first kappa shape index (κ1) is 38.1. The molecule has 0 radical (unpaired) electrons. The first-order valence-electron chi connectivity index (χ1n) is 15.9. The largest absolute Gasteiger partial charge is 0.445 e. The number of thioether (sulfide) groups is 1. The maximum Gasteiger partial charge on any atom is 0.408 e. The first-order chi connectivity index (χ1) is 24.3. The zero-order valence-corrected chi connectivity index (χ0v) is 32.9. The quantitative estimate of drug-likeness (QED) is 0.154. The Morgan fingerprint density at radius 1 is 0.865 bits per heavy atom. The van der Waals surface area contributed by atoms with Gasteiger partial charge in [0.05, 0.1) is 0 Å². The standard InChI is InChI=1S/C33H34Br2N4O11S2/c1-31(2)21(26(42)49-16-50-27(43)22-32(3,4)52(46,47)29-33(34,35)28(44)39(22)29)38-24(41)20(25(38)51-31)36-23(40)19(18-13-9-6-10-14-18)37-30(45)48-15-17-11-7-5-8-12-17/h5-14,19-22,25,29H,15-16H2,1-4H3,(H,36,40)(H,37,45)/t19?,20?,21-,22-,25+,29+/m0/s1. The van der Waals surface area contributed by atoms with E-state index >= 15 is 0 Å². The molecule has 0 aromatic heterocycles. The number of nitrogens with one attached hydrogen (secondary N) is 2. The number of alkyl carbamates (subject to hydrolysis) is 1. The number of ether oxygens (including phenoxy) is 3. The van der Waals surface area contributed by atoms with Crippen LogP contribution in [0.2, 0.25) is 0 Å². The molecule has 2 N–H and O–H groups in total. The Hall–Kier alpha value is -3.68. The molecule has 4 amide bonds. The fourth-order valence-corrected chi connectivity index (χ4v) is 12.8. The number of alkyl halides is 2. The zero-order chi connectivity index (χ0) is 38.0.